The van der Waals surface area contributed by atoms with Crippen LogP contribution in [-0.4, -0.2) is 56.0 Å². The van der Waals surface area contributed by atoms with Crippen molar-refractivity contribution in [3.05, 3.63) is 0 Å². The molecule has 1 amide bonds. The summed E-state index contributed by atoms with van der Waals surface area (Å²) in [5, 5.41) is 5.34. The summed E-state index contributed by atoms with van der Waals surface area (Å²) in [5.74, 6) is -1.15. The second-order valence-corrected chi connectivity index (χ2v) is 5.86. The topological polar surface area (TPSA) is 103 Å². The Kier molecular flexibility index (Phi) is 5.16. The lowest BCUT2D eigenvalue weighted by Crippen LogP contribution is -2.57. The molecule has 1 aliphatic rings. The Labute approximate surface area is 123 Å². The van der Waals surface area contributed by atoms with E-state index in [0.29, 0.717) is 0 Å². The van der Waals surface area contributed by atoms with Gasteiger partial charge in [-0.1, -0.05) is 0 Å². The predicted octanol–water partition coefficient (Wildman–Crippen LogP) is -0.0422. The van der Waals surface area contributed by atoms with Crippen molar-refractivity contribution in [2.75, 3.05) is 20.8 Å². The van der Waals surface area contributed by atoms with E-state index in [2.05, 4.69) is 15.4 Å². The summed E-state index contributed by atoms with van der Waals surface area (Å²) < 4.78 is 14.5. The van der Waals surface area contributed by atoms with Gasteiger partial charge in [-0.25, -0.2) is 9.59 Å². The zero-order chi connectivity index (χ0) is 16.3. The molecule has 1 saturated heterocycles. The second kappa shape index (κ2) is 6.30. The van der Waals surface area contributed by atoms with Crippen LogP contribution in [0.15, 0.2) is 0 Å². The number of esters is 2. The third-order valence-electron chi connectivity index (χ3n) is 3.00. The molecule has 2 atom stereocenters. The lowest BCUT2D eigenvalue weighted by molar-refractivity contribution is -0.148. The zero-order valence-electron chi connectivity index (χ0n) is 12.9. The van der Waals surface area contributed by atoms with Gasteiger partial charge in [-0.3, -0.25) is 4.79 Å². The molecule has 8 heteroatoms. The Balaban J connectivity index is 2.85. The summed E-state index contributed by atoms with van der Waals surface area (Å²) in [7, 11) is 2.47. The number of methoxy groups -OCH3 is 2. The smallest absolute Gasteiger partial charge is 0.408 e. The van der Waals surface area contributed by atoms with Gasteiger partial charge in [0.1, 0.15) is 11.6 Å². The first-order valence-corrected chi connectivity index (χ1v) is 6.54. The van der Waals surface area contributed by atoms with Crippen LogP contribution < -0.4 is 10.6 Å². The number of carbonyl (C=O) groups excluding carboxylic acids is 3. The SMILES string of the molecule is COC(=O)[C@@H]1C[C@@](NC(=O)OC(C)(C)C)(C(=O)OC)CN1. The van der Waals surface area contributed by atoms with Crippen LogP contribution in [0.1, 0.15) is 27.2 Å². The van der Waals surface area contributed by atoms with Gasteiger partial charge in [0.15, 0.2) is 5.54 Å². The first-order valence-electron chi connectivity index (χ1n) is 6.54. The van der Waals surface area contributed by atoms with Crippen LogP contribution in [0.3, 0.4) is 0 Å². The van der Waals surface area contributed by atoms with E-state index in [1.54, 1.807) is 20.8 Å². The zero-order valence-corrected chi connectivity index (χ0v) is 12.9. The van der Waals surface area contributed by atoms with Crippen molar-refractivity contribution in [2.45, 2.75) is 44.4 Å². The molecule has 1 rings (SSSR count). The quantitative estimate of drug-likeness (QED) is 0.557. The van der Waals surface area contributed by atoms with Crippen LogP contribution in [0.2, 0.25) is 0 Å². The molecule has 0 spiro atoms. The Bertz CT molecular complexity index is 431. The van der Waals surface area contributed by atoms with Gasteiger partial charge in [-0.2, -0.15) is 0 Å². The molecule has 0 saturated carbocycles. The third-order valence-corrected chi connectivity index (χ3v) is 3.00. The van der Waals surface area contributed by atoms with Gasteiger partial charge in [0, 0.05) is 13.0 Å². The Morgan fingerprint density at radius 3 is 2.29 bits per heavy atom. The van der Waals surface area contributed by atoms with Crippen molar-refractivity contribution in [3.63, 3.8) is 0 Å². The highest BCUT2D eigenvalue weighted by Gasteiger charge is 2.50. The minimum absolute atomic E-state index is 0.0333. The molecule has 0 aromatic heterocycles. The highest BCUT2D eigenvalue weighted by atomic mass is 16.6. The van der Waals surface area contributed by atoms with Gasteiger partial charge >= 0.3 is 18.0 Å². The maximum absolute atomic E-state index is 12.0. The molecular weight excluding hydrogens is 280 g/mol. The molecule has 0 aromatic carbocycles. The standard InChI is InChI=1S/C13H22N2O6/c1-12(2,3)21-11(18)15-13(10(17)20-5)6-8(14-7-13)9(16)19-4/h8,14H,6-7H2,1-5H3,(H,15,18)/t8-,13-/m0/s1. The van der Waals surface area contributed by atoms with Crippen LogP contribution in [0.25, 0.3) is 0 Å². The average molecular weight is 302 g/mol. The second-order valence-electron chi connectivity index (χ2n) is 5.86. The minimum Gasteiger partial charge on any atom is -0.468 e. The molecule has 21 heavy (non-hydrogen) atoms. The number of amides is 1. The number of hydrogen-bond acceptors (Lipinski definition) is 7. The van der Waals surface area contributed by atoms with Gasteiger partial charge in [0.2, 0.25) is 0 Å². The Morgan fingerprint density at radius 1 is 1.19 bits per heavy atom. The van der Waals surface area contributed by atoms with Crippen molar-refractivity contribution < 1.29 is 28.6 Å². The fraction of sp³-hybridized carbons (Fsp3) is 0.769. The number of ether oxygens (including phenoxy) is 3. The van der Waals surface area contributed by atoms with Crippen LogP contribution in [0.5, 0.6) is 0 Å². The lowest BCUT2D eigenvalue weighted by Gasteiger charge is -2.28. The number of nitrogens with one attached hydrogen (secondary N) is 2. The van der Waals surface area contributed by atoms with Gasteiger partial charge in [-0.15, -0.1) is 0 Å². The van der Waals surface area contributed by atoms with Crippen LogP contribution in [0, 0.1) is 0 Å². The maximum atomic E-state index is 12.0. The molecular formula is C13H22N2O6. The maximum Gasteiger partial charge on any atom is 0.408 e. The molecule has 2 N–H and O–H groups in total. The number of alkyl carbamates (subject to hydrolysis) is 1. The van der Waals surface area contributed by atoms with E-state index in [9.17, 15) is 14.4 Å². The monoisotopic (exact) mass is 302 g/mol. The Hall–Kier alpha value is -1.83. The molecule has 0 bridgehead atoms. The molecule has 1 fully saturated rings. The van der Waals surface area contributed by atoms with Crippen molar-refractivity contribution in [2.24, 2.45) is 0 Å². The summed E-state index contributed by atoms with van der Waals surface area (Å²) >= 11 is 0. The molecule has 0 aromatic rings. The summed E-state index contributed by atoms with van der Waals surface area (Å²) in [6.45, 7) is 5.18. The predicted molar refractivity (Wildman–Crippen MR) is 72.5 cm³/mol. The van der Waals surface area contributed by atoms with Crippen molar-refractivity contribution in [1.82, 2.24) is 10.6 Å². The molecule has 1 aliphatic heterocycles. The van der Waals surface area contributed by atoms with Gasteiger partial charge < -0.3 is 24.8 Å². The van der Waals surface area contributed by atoms with E-state index < -0.39 is 35.2 Å². The largest absolute Gasteiger partial charge is 0.468 e. The molecule has 120 valence electrons. The van der Waals surface area contributed by atoms with Gasteiger partial charge in [0.25, 0.3) is 0 Å². The van der Waals surface area contributed by atoms with Crippen molar-refractivity contribution in [3.8, 4) is 0 Å². The normalized spacial score (nSPS) is 25.1. The number of carbonyl (C=O) groups is 3. The van der Waals surface area contributed by atoms with Crippen LogP contribution in [0.4, 0.5) is 4.79 Å². The van der Waals surface area contributed by atoms with E-state index in [1.807, 2.05) is 0 Å². The van der Waals surface area contributed by atoms with Crippen molar-refractivity contribution in [1.29, 1.82) is 0 Å². The summed E-state index contributed by atoms with van der Waals surface area (Å²) in [6.07, 6.45) is -0.716. The third kappa shape index (κ3) is 4.32. The molecule has 1 heterocycles. The van der Waals surface area contributed by atoms with Crippen molar-refractivity contribution >= 4 is 18.0 Å². The first kappa shape index (κ1) is 17.2. The number of hydrogen-bond donors (Lipinski definition) is 2. The van der Waals surface area contributed by atoms with E-state index in [-0.39, 0.29) is 13.0 Å². The van der Waals surface area contributed by atoms with Gasteiger partial charge in [-0.05, 0) is 20.8 Å². The molecule has 0 unspecified atom stereocenters. The molecule has 8 nitrogen and oxygen atoms in total. The average Bonchev–Trinajstić information content (AvgIpc) is 2.79. The fourth-order valence-electron chi connectivity index (χ4n) is 2.10. The summed E-state index contributed by atoms with van der Waals surface area (Å²) in [4.78, 5) is 35.5. The highest BCUT2D eigenvalue weighted by molar-refractivity contribution is 5.89. The van der Waals surface area contributed by atoms with E-state index >= 15 is 0 Å². The summed E-state index contributed by atoms with van der Waals surface area (Å²) in [6, 6.07) is -0.691. The van der Waals surface area contributed by atoms with E-state index in [0.717, 1.165) is 0 Å². The van der Waals surface area contributed by atoms with Crippen LogP contribution in [-0.2, 0) is 23.8 Å². The highest BCUT2D eigenvalue weighted by Crippen LogP contribution is 2.23. The van der Waals surface area contributed by atoms with Gasteiger partial charge in [0.05, 0.1) is 14.2 Å². The first-order chi connectivity index (χ1) is 9.63. The van der Waals surface area contributed by atoms with E-state index in [1.165, 1.54) is 14.2 Å². The fourth-order valence-corrected chi connectivity index (χ4v) is 2.10. The molecule has 0 aliphatic carbocycles. The summed E-state index contributed by atoms with van der Waals surface area (Å²) in [5.41, 5.74) is -2.05. The Morgan fingerprint density at radius 2 is 1.81 bits per heavy atom. The lowest BCUT2D eigenvalue weighted by atomic mass is 9.96. The van der Waals surface area contributed by atoms with Crippen LogP contribution >= 0.6 is 0 Å². The van der Waals surface area contributed by atoms with E-state index in [4.69, 9.17) is 9.47 Å². The molecule has 0 radical (unpaired) electrons. The number of rotatable bonds is 3. The minimum atomic E-state index is -1.35.